The van der Waals surface area contributed by atoms with Gasteiger partial charge in [-0.2, -0.15) is 5.10 Å². The highest BCUT2D eigenvalue weighted by atomic mass is 16.3. The van der Waals surface area contributed by atoms with Crippen molar-refractivity contribution in [2.24, 2.45) is 0 Å². The van der Waals surface area contributed by atoms with E-state index in [4.69, 9.17) is 8.83 Å². The molecule has 0 spiro atoms. The summed E-state index contributed by atoms with van der Waals surface area (Å²) in [4.78, 5) is 17.5. The quantitative estimate of drug-likeness (QED) is 0.592. The highest BCUT2D eigenvalue weighted by Crippen LogP contribution is 2.26. The van der Waals surface area contributed by atoms with E-state index >= 15 is 0 Å². The number of nitrogens with zero attached hydrogens (tertiary/aromatic N) is 3. The summed E-state index contributed by atoms with van der Waals surface area (Å²) in [7, 11) is 0. The van der Waals surface area contributed by atoms with Crippen molar-refractivity contribution < 1.29 is 13.6 Å². The predicted octanol–water partition coefficient (Wildman–Crippen LogP) is 3.80. The van der Waals surface area contributed by atoms with Gasteiger partial charge in [-0.05, 0) is 44.2 Å². The van der Waals surface area contributed by atoms with Crippen LogP contribution < -0.4 is 5.32 Å². The van der Waals surface area contributed by atoms with Gasteiger partial charge in [0, 0.05) is 6.04 Å². The predicted molar refractivity (Wildman–Crippen MR) is 95.5 cm³/mol. The Morgan fingerprint density at radius 2 is 2.04 bits per heavy atom. The van der Waals surface area contributed by atoms with E-state index < -0.39 is 0 Å². The minimum atomic E-state index is -0.218. The summed E-state index contributed by atoms with van der Waals surface area (Å²) in [6.45, 7) is 4.35. The molecule has 0 aliphatic rings. The summed E-state index contributed by atoms with van der Waals surface area (Å²) in [5, 5.41) is 7.97. The lowest BCUT2D eigenvalue weighted by atomic mass is 10.1. The number of pyridine rings is 1. The van der Waals surface area contributed by atoms with Gasteiger partial charge < -0.3 is 14.2 Å². The Labute approximate surface area is 149 Å². The molecule has 0 saturated carbocycles. The normalized spacial score (nSPS) is 11.3. The molecule has 4 aromatic heterocycles. The molecule has 26 heavy (non-hydrogen) atoms. The van der Waals surface area contributed by atoms with E-state index in [2.05, 4.69) is 15.4 Å². The second-order valence-electron chi connectivity index (χ2n) is 6.21. The summed E-state index contributed by atoms with van der Waals surface area (Å²) >= 11 is 0. The highest BCUT2D eigenvalue weighted by Gasteiger charge is 2.19. The monoisotopic (exact) mass is 350 g/mol. The first-order chi connectivity index (χ1) is 12.6. The van der Waals surface area contributed by atoms with Gasteiger partial charge in [0.05, 0.1) is 36.2 Å². The van der Waals surface area contributed by atoms with Crippen molar-refractivity contribution >= 4 is 16.9 Å². The number of carbonyl (C=O) groups excluding carboxylic acids is 1. The molecular weight excluding hydrogens is 332 g/mol. The van der Waals surface area contributed by atoms with Crippen LogP contribution in [0.15, 0.2) is 57.9 Å². The Kier molecular flexibility index (Phi) is 4.04. The summed E-state index contributed by atoms with van der Waals surface area (Å²) in [5.41, 5.74) is 1.74. The van der Waals surface area contributed by atoms with Crippen molar-refractivity contribution in [3.63, 3.8) is 0 Å². The Morgan fingerprint density at radius 1 is 1.23 bits per heavy atom. The number of rotatable bonds is 5. The van der Waals surface area contributed by atoms with Crippen molar-refractivity contribution in [2.75, 3.05) is 0 Å². The summed E-state index contributed by atoms with van der Waals surface area (Å²) in [5.74, 6) is 1.07. The van der Waals surface area contributed by atoms with Crippen LogP contribution in [-0.4, -0.2) is 20.7 Å². The van der Waals surface area contributed by atoms with Gasteiger partial charge in [0.2, 0.25) is 0 Å². The second kappa shape index (κ2) is 6.51. The third kappa shape index (κ3) is 2.88. The number of hydrogen-bond donors (Lipinski definition) is 1. The maximum atomic E-state index is 12.8. The van der Waals surface area contributed by atoms with E-state index in [9.17, 15) is 4.79 Å². The standard InChI is InChI=1S/C19H18N4O3/c1-12(2)23-18-15(11-21-23)14(9-16(22-18)17-6-4-8-26-17)19(24)20-10-13-5-3-7-25-13/h3-9,11-12H,10H2,1-2H3,(H,20,24). The third-order valence-corrected chi connectivity index (χ3v) is 4.08. The Hall–Kier alpha value is -3.35. The van der Waals surface area contributed by atoms with Gasteiger partial charge in [-0.15, -0.1) is 0 Å². The highest BCUT2D eigenvalue weighted by molar-refractivity contribution is 6.06. The van der Waals surface area contributed by atoms with E-state index in [1.165, 1.54) is 0 Å². The van der Waals surface area contributed by atoms with Crippen LogP contribution in [0, 0.1) is 0 Å². The fourth-order valence-electron chi connectivity index (χ4n) is 2.81. The molecule has 0 aliphatic heterocycles. The van der Waals surface area contributed by atoms with Crippen LogP contribution >= 0.6 is 0 Å². The summed E-state index contributed by atoms with van der Waals surface area (Å²) in [6.07, 6.45) is 4.83. The fourth-order valence-corrected chi connectivity index (χ4v) is 2.81. The van der Waals surface area contributed by atoms with Gasteiger partial charge in [0.15, 0.2) is 11.4 Å². The molecule has 7 nitrogen and oxygen atoms in total. The van der Waals surface area contributed by atoms with Crippen molar-refractivity contribution in [2.45, 2.75) is 26.4 Å². The molecule has 4 aromatic rings. The van der Waals surface area contributed by atoms with Gasteiger partial charge in [0.1, 0.15) is 11.5 Å². The van der Waals surface area contributed by atoms with Crippen LogP contribution in [0.1, 0.15) is 36.0 Å². The van der Waals surface area contributed by atoms with Crippen molar-refractivity contribution in [1.82, 2.24) is 20.1 Å². The Morgan fingerprint density at radius 3 is 2.73 bits per heavy atom. The molecule has 0 unspecified atom stereocenters. The number of carbonyl (C=O) groups is 1. The smallest absolute Gasteiger partial charge is 0.252 e. The third-order valence-electron chi connectivity index (χ3n) is 4.08. The number of fused-ring (bicyclic) bond motifs is 1. The van der Waals surface area contributed by atoms with E-state index in [1.807, 2.05) is 26.0 Å². The molecule has 7 heteroatoms. The fraction of sp³-hybridized carbons (Fsp3) is 0.211. The molecular formula is C19H18N4O3. The van der Waals surface area contributed by atoms with Crippen molar-refractivity contribution in [3.05, 3.63) is 60.4 Å². The van der Waals surface area contributed by atoms with Gasteiger partial charge >= 0.3 is 0 Å². The zero-order valence-electron chi connectivity index (χ0n) is 14.5. The summed E-state index contributed by atoms with van der Waals surface area (Å²) in [6, 6.07) is 9.05. The first kappa shape index (κ1) is 16.1. The lowest BCUT2D eigenvalue weighted by molar-refractivity contribution is 0.0949. The van der Waals surface area contributed by atoms with Crippen LogP contribution in [0.2, 0.25) is 0 Å². The first-order valence-electron chi connectivity index (χ1n) is 8.36. The number of aromatic nitrogens is 3. The molecule has 1 N–H and O–H groups in total. The van der Waals surface area contributed by atoms with E-state index in [-0.39, 0.29) is 11.9 Å². The molecule has 4 rings (SSSR count). The van der Waals surface area contributed by atoms with Crippen LogP contribution in [-0.2, 0) is 6.54 Å². The van der Waals surface area contributed by atoms with Gasteiger partial charge in [-0.1, -0.05) is 0 Å². The van der Waals surface area contributed by atoms with Crippen LogP contribution in [0.3, 0.4) is 0 Å². The molecule has 0 aromatic carbocycles. The zero-order chi connectivity index (χ0) is 18.1. The van der Waals surface area contributed by atoms with Gasteiger partial charge in [0.25, 0.3) is 5.91 Å². The van der Waals surface area contributed by atoms with Crippen molar-refractivity contribution in [1.29, 1.82) is 0 Å². The minimum absolute atomic E-state index is 0.117. The summed E-state index contributed by atoms with van der Waals surface area (Å²) < 4.78 is 12.5. The van der Waals surface area contributed by atoms with Crippen LogP contribution in [0.5, 0.6) is 0 Å². The molecule has 0 bridgehead atoms. The number of nitrogens with one attached hydrogen (secondary N) is 1. The SMILES string of the molecule is CC(C)n1ncc2c(C(=O)NCc3ccco3)cc(-c3ccco3)nc21. The number of hydrogen-bond acceptors (Lipinski definition) is 5. The van der Waals surface area contributed by atoms with Gasteiger partial charge in [-0.25, -0.2) is 9.67 Å². The number of amides is 1. The zero-order valence-corrected chi connectivity index (χ0v) is 14.5. The Balaban J connectivity index is 1.77. The average molecular weight is 350 g/mol. The molecule has 0 fully saturated rings. The van der Waals surface area contributed by atoms with Crippen LogP contribution in [0.25, 0.3) is 22.5 Å². The molecule has 0 saturated heterocycles. The molecule has 4 heterocycles. The van der Waals surface area contributed by atoms with E-state index in [1.54, 1.807) is 41.6 Å². The minimum Gasteiger partial charge on any atom is -0.467 e. The van der Waals surface area contributed by atoms with Crippen LogP contribution in [0.4, 0.5) is 0 Å². The topological polar surface area (TPSA) is 86.1 Å². The maximum absolute atomic E-state index is 12.8. The lowest BCUT2D eigenvalue weighted by Crippen LogP contribution is -2.23. The van der Waals surface area contributed by atoms with Gasteiger partial charge in [-0.3, -0.25) is 4.79 Å². The Bertz CT molecular complexity index is 1030. The number of furan rings is 2. The molecule has 0 aliphatic carbocycles. The maximum Gasteiger partial charge on any atom is 0.252 e. The molecule has 0 radical (unpaired) electrons. The molecule has 1 amide bonds. The molecule has 0 atom stereocenters. The van der Waals surface area contributed by atoms with E-state index in [0.29, 0.717) is 40.4 Å². The van der Waals surface area contributed by atoms with E-state index in [0.717, 1.165) is 0 Å². The largest absolute Gasteiger partial charge is 0.467 e. The lowest BCUT2D eigenvalue weighted by Gasteiger charge is -2.10. The molecule has 132 valence electrons. The average Bonchev–Trinajstić information content (AvgIpc) is 3.39. The first-order valence-corrected chi connectivity index (χ1v) is 8.36. The second-order valence-corrected chi connectivity index (χ2v) is 6.21. The van der Waals surface area contributed by atoms with Crippen molar-refractivity contribution in [3.8, 4) is 11.5 Å².